The first-order valence-corrected chi connectivity index (χ1v) is 9.74. The predicted octanol–water partition coefficient (Wildman–Crippen LogP) is 4.71. The van der Waals surface area contributed by atoms with Gasteiger partial charge in [-0.2, -0.15) is 0 Å². The van der Waals surface area contributed by atoms with Crippen molar-refractivity contribution in [2.75, 3.05) is 0 Å². The molecule has 0 amide bonds. The van der Waals surface area contributed by atoms with Gasteiger partial charge in [0.2, 0.25) is 0 Å². The zero-order valence-electron chi connectivity index (χ0n) is 16.1. The van der Waals surface area contributed by atoms with Crippen molar-refractivity contribution >= 4 is 28.5 Å². The molecule has 0 saturated carbocycles. The third-order valence-electron chi connectivity index (χ3n) is 5.45. The fourth-order valence-electron chi connectivity index (χ4n) is 3.89. The van der Waals surface area contributed by atoms with Crippen LogP contribution in [-0.2, 0) is 6.54 Å². The summed E-state index contributed by atoms with van der Waals surface area (Å²) in [6.45, 7) is 0.575. The average molecular weight is 394 g/mol. The van der Waals surface area contributed by atoms with Crippen molar-refractivity contribution < 1.29 is 9.90 Å². The van der Waals surface area contributed by atoms with Crippen LogP contribution in [0.5, 0.6) is 0 Å². The molecule has 1 aromatic heterocycles. The van der Waals surface area contributed by atoms with Crippen molar-refractivity contribution in [3.63, 3.8) is 0 Å². The van der Waals surface area contributed by atoms with Gasteiger partial charge in [0.05, 0.1) is 16.5 Å². The average Bonchev–Trinajstić information content (AvgIpc) is 3.17. The van der Waals surface area contributed by atoms with Gasteiger partial charge in [-0.25, -0.2) is 9.78 Å². The monoisotopic (exact) mass is 394 g/mol. The number of nitrogens with zero attached hydrogens (tertiary/aromatic N) is 2. The Morgan fingerprint density at radius 2 is 1.70 bits per heavy atom. The molecule has 1 aliphatic heterocycles. The molecule has 0 saturated heterocycles. The molecule has 146 valence electrons. The molecule has 0 bridgehead atoms. The molecule has 0 radical (unpaired) electrons. The van der Waals surface area contributed by atoms with Gasteiger partial charge in [0, 0.05) is 6.54 Å². The first-order valence-electron chi connectivity index (χ1n) is 9.74. The summed E-state index contributed by atoms with van der Waals surface area (Å²) in [5.74, 6) is -0.421. The summed E-state index contributed by atoms with van der Waals surface area (Å²) in [5.41, 5.74) is 4.73. The molecule has 5 rings (SSSR count). The van der Waals surface area contributed by atoms with Gasteiger partial charge < -0.3 is 5.11 Å². The Bertz CT molecular complexity index is 1370. The molecule has 1 aliphatic rings. The molecule has 0 fully saturated rings. The van der Waals surface area contributed by atoms with E-state index in [1.807, 2.05) is 24.3 Å². The molecule has 5 heteroatoms. The van der Waals surface area contributed by atoms with Crippen LogP contribution in [-0.4, -0.2) is 20.6 Å². The Hall–Kier alpha value is -3.99. The van der Waals surface area contributed by atoms with Crippen molar-refractivity contribution in [1.82, 2.24) is 9.55 Å². The second kappa shape index (κ2) is 7.12. The SMILES string of the molecule is O=C(O)c1ccc2c(=O)n3c(nc2c1)/C(=C/c1ccc(-c2ccccc2)cc1)CC3. The highest BCUT2D eigenvalue weighted by Gasteiger charge is 2.21. The quantitative estimate of drug-likeness (QED) is 0.546. The van der Waals surface area contributed by atoms with Crippen LogP contribution in [0.2, 0.25) is 0 Å². The topological polar surface area (TPSA) is 72.2 Å². The van der Waals surface area contributed by atoms with Crippen LogP contribution in [0.4, 0.5) is 0 Å². The Morgan fingerprint density at radius 3 is 2.43 bits per heavy atom. The minimum Gasteiger partial charge on any atom is -0.478 e. The standard InChI is InChI=1S/C25H18N2O3/c28-24-21-11-10-20(25(29)30)15-22(21)26-23-19(12-13-27(23)24)14-16-6-8-18(9-7-16)17-4-2-1-3-5-17/h1-11,14-15H,12-13H2,(H,29,30)/b19-14+. The summed E-state index contributed by atoms with van der Waals surface area (Å²) in [6.07, 6.45) is 2.76. The number of aromatic carboxylic acids is 1. The molecule has 0 spiro atoms. The van der Waals surface area contributed by atoms with Gasteiger partial charge in [0.15, 0.2) is 0 Å². The third-order valence-corrected chi connectivity index (χ3v) is 5.45. The highest BCUT2D eigenvalue weighted by molar-refractivity contribution is 5.93. The number of carbonyl (C=O) groups is 1. The van der Waals surface area contributed by atoms with E-state index < -0.39 is 5.97 Å². The van der Waals surface area contributed by atoms with E-state index >= 15 is 0 Å². The van der Waals surface area contributed by atoms with Gasteiger partial charge in [0.25, 0.3) is 5.56 Å². The molecular formula is C25H18N2O3. The molecule has 5 nitrogen and oxygen atoms in total. The van der Waals surface area contributed by atoms with Crippen molar-refractivity contribution in [1.29, 1.82) is 0 Å². The minimum atomic E-state index is -1.03. The lowest BCUT2D eigenvalue weighted by Gasteiger charge is -2.07. The van der Waals surface area contributed by atoms with E-state index in [9.17, 15) is 14.7 Å². The van der Waals surface area contributed by atoms with Crippen LogP contribution in [0.15, 0.2) is 77.6 Å². The van der Waals surface area contributed by atoms with Gasteiger partial charge in [-0.1, -0.05) is 54.6 Å². The fourth-order valence-corrected chi connectivity index (χ4v) is 3.89. The van der Waals surface area contributed by atoms with Gasteiger partial charge in [-0.15, -0.1) is 0 Å². The molecule has 30 heavy (non-hydrogen) atoms. The largest absolute Gasteiger partial charge is 0.478 e. The number of fused-ring (bicyclic) bond motifs is 2. The lowest BCUT2D eigenvalue weighted by molar-refractivity contribution is 0.0697. The summed E-state index contributed by atoms with van der Waals surface area (Å²) in [6, 6.07) is 22.9. The molecular weight excluding hydrogens is 376 g/mol. The fraction of sp³-hybridized carbons (Fsp3) is 0.0800. The predicted molar refractivity (Wildman–Crippen MR) is 117 cm³/mol. The summed E-state index contributed by atoms with van der Waals surface area (Å²) in [4.78, 5) is 28.8. The van der Waals surface area contributed by atoms with E-state index in [-0.39, 0.29) is 11.1 Å². The summed E-state index contributed by atoms with van der Waals surface area (Å²) in [7, 11) is 0. The van der Waals surface area contributed by atoms with Crippen LogP contribution >= 0.6 is 0 Å². The van der Waals surface area contributed by atoms with E-state index in [4.69, 9.17) is 0 Å². The molecule has 0 aliphatic carbocycles. The highest BCUT2D eigenvalue weighted by atomic mass is 16.4. The highest BCUT2D eigenvalue weighted by Crippen LogP contribution is 2.28. The number of allylic oxidation sites excluding steroid dienone is 1. The number of hydrogen-bond donors (Lipinski definition) is 1. The van der Waals surface area contributed by atoms with Gasteiger partial charge in [-0.3, -0.25) is 9.36 Å². The van der Waals surface area contributed by atoms with E-state index in [1.165, 1.54) is 12.1 Å². The third kappa shape index (κ3) is 3.10. The number of benzene rings is 3. The first-order chi connectivity index (χ1) is 14.6. The number of carboxylic acid groups (broad SMARTS) is 1. The Kier molecular flexibility index (Phi) is 4.29. The summed E-state index contributed by atoms with van der Waals surface area (Å²) >= 11 is 0. The van der Waals surface area contributed by atoms with Crippen molar-refractivity contribution in [3.8, 4) is 11.1 Å². The molecule has 0 unspecified atom stereocenters. The van der Waals surface area contributed by atoms with Crippen LogP contribution < -0.4 is 5.56 Å². The number of rotatable bonds is 3. The van der Waals surface area contributed by atoms with Crippen LogP contribution in [0.25, 0.3) is 33.7 Å². The Labute approximate surface area is 172 Å². The zero-order valence-corrected chi connectivity index (χ0v) is 16.1. The molecule has 4 aromatic rings. The number of aromatic nitrogens is 2. The maximum Gasteiger partial charge on any atom is 0.335 e. The van der Waals surface area contributed by atoms with Crippen molar-refractivity contribution in [2.24, 2.45) is 0 Å². The van der Waals surface area contributed by atoms with Crippen LogP contribution in [0, 0.1) is 0 Å². The normalized spacial score (nSPS) is 14.2. The second-order valence-corrected chi connectivity index (χ2v) is 7.34. The number of hydrogen-bond acceptors (Lipinski definition) is 3. The van der Waals surface area contributed by atoms with E-state index in [0.717, 1.165) is 22.3 Å². The van der Waals surface area contributed by atoms with E-state index in [1.54, 1.807) is 10.6 Å². The minimum absolute atomic E-state index is 0.124. The van der Waals surface area contributed by atoms with E-state index in [0.29, 0.717) is 29.7 Å². The maximum atomic E-state index is 12.8. The maximum absolute atomic E-state index is 12.8. The van der Waals surface area contributed by atoms with E-state index in [2.05, 4.69) is 41.4 Å². The Balaban J connectivity index is 1.55. The smallest absolute Gasteiger partial charge is 0.335 e. The van der Waals surface area contributed by atoms with Gasteiger partial charge >= 0.3 is 5.97 Å². The number of carboxylic acids is 1. The summed E-state index contributed by atoms with van der Waals surface area (Å²) < 4.78 is 1.67. The van der Waals surface area contributed by atoms with Crippen molar-refractivity contribution in [3.05, 3.63) is 100 Å². The van der Waals surface area contributed by atoms with Crippen molar-refractivity contribution in [2.45, 2.75) is 13.0 Å². The van der Waals surface area contributed by atoms with Crippen LogP contribution in [0.1, 0.15) is 28.2 Å². The molecule has 3 aromatic carbocycles. The van der Waals surface area contributed by atoms with Gasteiger partial charge in [0.1, 0.15) is 5.82 Å². The first kappa shape index (κ1) is 18.1. The Morgan fingerprint density at radius 1 is 0.967 bits per heavy atom. The van der Waals surface area contributed by atoms with Crippen LogP contribution in [0.3, 0.4) is 0 Å². The molecule has 1 N–H and O–H groups in total. The zero-order chi connectivity index (χ0) is 20.7. The lowest BCUT2D eigenvalue weighted by atomic mass is 10.0. The summed E-state index contributed by atoms with van der Waals surface area (Å²) in [5, 5.41) is 9.68. The van der Waals surface area contributed by atoms with Gasteiger partial charge in [-0.05, 0) is 53.0 Å². The lowest BCUT2D eigenvalue weighted by Crippen LogP contribution is -2.20. The molecule has 2 heterocycles. The second-order valence-electron chi connectivity index (χ2n) is 7.34. The molecule has 0 atom stereocenters.